The van der Waals surface area contributed by atoms with Crippen LogP contribution >= 0.6 is 0 Å². The number of benzene rings is 2. The molecule has 0 bridgehead atoms. The topological polar surface area (TPSA) is 12.0 Å². The van der Waals surface area contributed by atoms with E-state index in [0.29, 0.717) is 0 Å². The molecular formula is C16H17N. The van der Waals surface area contributed by atoms with Gasteiger partial charge >= 0.3 is 0 Å². The van der Waals surface area contributed by atoms with Crippen LogP contribution in [0.3, 0.4) is 0 Å². The second-order valence-corrected chi connectivity index (χ2v) is 4.56. The second kappa shape index (κ2) is 4.72. The fourth-order valence-electron chi connectivity index (χ4n) is 2.61. The average molecular weight is 223 g/mol. The maximum Gasteiger partial charge on any atom is -0.000790 e. The zero-order valence-corrected chi connectivity index (χ0v) is 9.95. The van der Waals surface area contributed by atoms with Crippen LogP contribution in [0.15, 0.2) is 48.5 Å². The van der Waals surface area contributed by atoms with Crippen molar-refractivity contribution in [2.75, 3.05) is 13.1 Å². The van der Waals surface area contributed by atoms with E-state index in [2.05, 4.69) is 53.8 Å². The molecule has 0 saturated heterocycles. The van der Waals surface area contributed by atoms with Crippen LogP contribution in [0.25, 0.3) is 11.1 Å². The maximum absolute atomic E-state index is 3.47. The molecule has 1 heterocycles. The summed E-state index contributed by atoms with van der Waals surface area (Å²) in [6, 6.07) is 17.4. The Kier molecular flexibility index (Phi) is 2.93. The van der Waals surface area contributed by atoms with Gasteiger partial charge in [0.2, 0.25) is 0 Å². The van der Waals surface area contributed by atoms with Crippen LogP contribution in [-0.2, 0) is 12.8 Å². The lowest BCUT2D eigenvalue weighted by Crippen LogP contribution is -2.16. The Hall–Kier alpha value is -1.60. The van der Waals surface area contributed by atoms with Crippen LogP contribution in [0.5, 0.6) is 0 Å². The van der Waals surface area contributed by atoms with Crippen LogP contribution in [0, 0.1) is 0 Å². The first-order chi connectivity index (χ1) is 8.45. The smallest absolute Gasteiger partial charge is 0.000790 e. The highest BCUT2D eigenvalue weighted by molar-refractivity contribution is 5.69. The summed E-state index contributed by atoms with van der Waals surface area (Å²) in [5.41, 5.74) is 5.79. The molecule has 0 unspecified atom stereocenters. The molecule has 1 nitrogen and oxygen atoms in total. The monoisotopic (exact) mass is 223 g/mol. The van der Waals surface area contributed by atoms with E-state index >= 15 is 0 Å². The minimum Gasteiger partial charge on any atom is -0.316 e. The Labute approximate surface area is 102 Å². The average Bonchev–Trinajstić information content (AvgIpc) is 2.64. The van der Waals surface area contributed by atoms with E-state index < -0.39 is 0 Å². The summed E-state index contributed by atoms with van der Waals surface area (Å²) < 4.78 is 0. The number of fused-ring (bicyclic) bond motifs is 1. The number of nitrogens with one attached hydrogen (secondary N) is 1. The third kappa shape index (κ3) is 2.11. The van der Waals surface area contributed by atoms with Crippen molar-refractivity contribution in [1.29, 1.82) is 0 Å². The molecule has 2 aromatic rings. The molecule has 0 saturated carbocycles. The summed E-state index contributed by atoms with van der Waals surface area (Å²) in [6.07, 6.45) is 2.29. The summed E-state index contributed by atoms with van der Waals surface area (Å²) in [5, 5.41) is 3.47. The van der Waals surface area contributed by atoms with Gasteiger partial charge in [0.05, 0.1) is 0 Å². The van der Waals surface area contributed by atoms with E-state index in [9.17, 15) is 0 Å². The first-order valence-electron chi connectivity index (χ1n) is 6.32. The van der Waals surface area contributed by atoms with Crippen molar-refractivity contribution >= 4 is 0 Å². The Morgan fingerprint density at radius 3 is 2.47 bits per heavy atom. The third-order valence-electron chi connectivity index (χ3n) is 3.48. The van der Waals surface area contributed by atoms with E-state index in [1.165, 1.54) is 22.3 Å². The van der Waals surface area contributed by atoms with Crippen LogP contribution in [0.1, 0.15) is 11.1 Å². The molecule has 86 valence electrons. The van der Waals surface area contributed by atoms with E-state index in [-0.39, 0.29) is 0 Å². The molecule has 1 heteroatoms. The molecule has 2 aromatic carbocycles. The molecule has 1 aliphatic heterocycles. The van der Waals surface area contributed by atoms with Gasteiger partial charge in [0.15, 0.2) is 0 Å². The summed E-state index contributed by atoms with van der Waals surface area (Å²) in [6.45, 7) is 2.20. The molecular weight excluding hydrogens is 206 g/mol. The molecule has 0 aliphatic carbocycles. The highest BCUT2D eigenvalue weighted by Crippen LogP contribution is 2.27. The lowest BCUT2D eigenvalue weighted by Gasteiger charge is -2.12. The van der Waals surface area contributed by atoms with Gasteiger partial charge in [0.1, 0.15) is 0 Å². The van der Waals surface area contributed by atoms with Gasteiger partial charge < -0.3 is 5.32 Å². The Bertz CT molecular complexity index is 502. The van der Waals surface area contributed by atoms with Gasteiger partial charge in [-0.15, -0.1) is 0 Å². The lowest BCUT2D eigenvalue weighted by atomic mass is 9.93. The maximum atomic E-state index is 3.47. The first-order valence-corrected chi connectivity index (χ1v) is 6.32. The number of rotatable bonds is 1. The molecule has 0 amide bonds. The predicted octanol–water partition coefficient (Wildman–Crippen LogP) is 3.04. The Balaban J connectivity index is 2.11. The molecule has 17 heavy (non-hydrogen) atoms. The Morgan fingerprint density at radius 2 is 1.59 bits per heavy atom. The van der Waals surface area contributed by atoms with Crippen molar-refractivity contribution in [2.24, 2.45) is 0 Å². The third-order valence-corrected chi connectivity index (χ3v) is 3.48. The van der Waals surface area contributed by atoms with E-state index in [4.69, 9.17) is 0 Å². The molecule has 0 radical (unpaired) electrons. The van der Waals surface area contributed by atoms with Crippen molar-refractivity contribution in [2.45, 2.75) is 12.8 Å². The fraction of sp³-hybridized carbons (Fsp3) is 0.250. The van der Waals surface area contributed by atoms with Gasteiger partial charge in [0, 0.05) is 0 Å². The van der Waals surface area contributed by atoms with Crippen LogP contribution < -0.4 is 5.32 Å². The molecule has 0 atom stereocenters. The predicted molar refractivity (Wildman–Crippen MR) is 72.2 cm³/mol. The highest BCUT2D eigenvalue weighted by atomic mass is 14.8. The second-order valence-electron chi connectivity index (χ2n) is 4.56. The Morgan fingerprint density at radius 1 is 0.765 bits per heavy atom. The summed E-state index contributed by atoms with van der Waals surface area (Å²) >= 11 is 0. The van der Waals surface area contributed by atoms with Crippen LogP contribution in [-0.4, -0.2) is 13.1 Å². The van der Waals surface area contributed by atoms with Crippen molar-refractivity contribution in [3.8, 4) is 11.1 Å². The minimum atomic E-state index is 1.09. The quantitative estimate of drug-likeness (QED) is 0.783. The summed E-state index contributed by atoms with van der Waals surface area (Å²) in [7, 11) is 0. The molecule has 0 aromatic heterocycles. The normalized spacial score (nSPS) is 15.1. The molecule has 3 rings (SSSR count). The standard InChI is InChI=1S/C16H17N/c1-2-5-13(6-3-1)15-8-4-7-14-9-11-17-12-10-16(14)15/h1-8,17H,9-12H2. The zero-order valence-electron chi connectivity index (χ0n) is 9.95. The summed E-state index contributed by atoms with van der Waals surface area (Å²) in [4.78, 5) is 0. The van der Waals surface area contributed by atoms with Crippen molar-refractivity contribution < 1.29 is 0 Å². The zero-order chi connectivity index (χ0) is 11.5. The molecule has 0 spiro atoms. The van der Waals surface area contributed by atoms with Gasteiger partial charge in [-0.05, 0) is 48.2 Å². The first kappa shape index (κ1) is 10.5. The molecule has 1 aliphatic rings. The molecule has 0 fully saturated rings. The van der Waals surface area contributed by atoms with Gasteiger partial charge in [-0.3, -0.25) is 0 Å². The SMILES string of the molecule is c1ccc(-c2cccc3c2CCNCC3)cc1. The van der Waals surface area contributed by atoms with E-state index in [1.807, 2.05) is 0 Å². The number of hydrogen-bond donors (Lipinski definition) is 1. The largest absolute Gasteiger partial charge is 0.316 e. The molecule has 1 N–H and O–H groups in total. The van der Waals surface area contributed by atoms with Crippen LogP contribution in [0.4, 0.5) is 0 Å². The van der Waals surface area contributed by atoms with Crippen molar-refractivity contribution in [3.63, 3.8) is 0 Å². The highest BCUT2D eigenvalue weighted by Gasteiger charge is 2.11. The minimum absolute atomic E-state index is 1.09. The lowest BCUT2D eigenvalue weighted by molar-refractivity contribution is 0.711. The summed E-state index contributed by atoms with van der Waals surface area (Å²) in [5.74, 6) is 0. The van der Waals surface area contributed by atoms with E-state index in [0.717, 1.165) is 25.9 Å². The van der Waals surface area contributed by atoms with E-state index in [1.54, 1.807) is 0 Å². The van der Waals surface area contributed by atoms with Crippen LogP contribution in [0.2, 0.25) is 0 Å². The number of hydrogen-bond acceptors (Lipinski definition) is 1. The van der Waals surface area contributed by atoms with Crippen molar-refractivity contribution in [1.82, 2.24) is 5.32 Å². The van der Waals surface area contributed by atoms with Gasteiger partial charge in [0.25, 0.3) is 0 Å². The van der Waals surface area contributed by atoms with Crippen molar-refractivity contribution in [3.05, 3.63) is 59.7 Å². The van der Waals surface area contributed by atoms with Gasteiger partial charge in [-0.25, -0.2) is 0 Å². The fourth-order valence-corrected chi connectivity index (χ4v) is 2.61. The van der Waals surface area contributed by atoms with Gasteiger partial charge in [-0.1, -0.05) is 48.5 Å². The van der Waals surface area contributed by atoms with Gasteiger partial charge in [-0.2, -0.15) is 0 Å².